The van der Waals surface area contributed by atoms with E-state index in [4.69, 9.17) is 0 Å². The predicted molar refractivity (Wildman–Crippen MR) is 90.5 cm³/mol. The van der Waals surface area contributed by atoms with Gasteiger partial charge in [-0.25, -0.2) is 4.39 Å². The fourth-order valence-electron chi connectivity index (χ4n) is 2.21. The Morgan fingerprint density at radius 3 is 2.17 bits per heavy atom. The lowest BCUT2D eigenvalue weighted by molar-refractivity contribution is 0.102. The monoisotopic (exact) mass is 306 g/mol. The van der Waals surface area contributed by atoms with Crippen LogP contribution < -0.4 is 10.6 Å². The molecule has 0 heterocycles. The maximum atomic E-state index is 13.6. The normalized spacial score (nSPS) is 10.1. The summed E-state index contributed by atoms with van der Waals surface area (Å²) in [4.78, 5) is 12.1. The summed E-state index contributed by atoms with van der Waals surface area (Å²) in [5, 5.41) is 5.95. The summed E-state index contributed by atoms with van der Waals surface area (Å²) in [6.07, 6.45) is 0. The first-order valence-corrected chi connectivity index (χ1v) is 7.20. The predicted octanol–water partition coefficient (Wildman–Crippen LogP) is 4.82. The SMILES string of the molecule is O=C(Nc1cccc(Nc2ccccc2)c1)c1ccccc1F. The van der Waals surface area contributed by atoms with Crippen molar-refractivity contribution in [2.45, 2.75) is 0 Å². The number of carbonyl (C=O) groups excluding carboxylic acids is 1. The van der Waals surface area contributed by atoms with Crippen LogP contribution in [0.1, 0.15) is 10.4 Å². The molecule has 0 fully saturated rings. The lowest BCUT2D eigenvalue weighted by Crippen LogP contribution is -2.13. The van der Waals surface area contributed by atoms with E-state index in [2.05, 4.69) is 10.6 Å². The van der Waals surface area contributed by atoms with E-state index in [-0.39, 0.29) is 5.56 Å². The standard InChI is InChI=1S/C19H15FN2O/c20-18-12-5-4-11-17(18)19(23)22-16-10-6-9-15(13-16)21-14-7-2-1-3-8-14/h1-13,21H,(H,22,23). The van der Waals surface area contributed by atoms with Crippen LogP contribution in [-0.4, -0.2) is 5.91 Å². The molecule has 0 spiro atoms. The third kappa shape index (κ3) is 3.74. The molecule has 0 saturated heterocycles. The highest BCUT2D eigenvalue weighted by molar-refractivity contribution is 6.04. The molecule has 1 amide bonds. The molecule has 3 rings (SSSR count). The summed E-state index contributed by atoms with van der Waals surface area (Å²) < 4.78 is 13.6. The molecular weight excluding hydrogens is 291 g/mol. The summed E-state index contributed by atoms with van der Waals surface area (Å²) in [5.41, 5.74) is 2.40. The molecule has 3 nitrogen and oxygen atoms in total. The van der Waals surface area contributed by atoms with Gasteiger partial charge >= 0.3 is 0 Å². The molecule has 0 aromatic heterocycles. The number of anilines is 3. The lowest BCUT2D eigenvalue weighted by atomic mass is 10.2. The van der Waals surface area contributed by atoms with Crippen LogP contribution in [0.4, 0.5) is 21.5 Å². The van der Waals surface area contributed by atoms with E-state index in [1.807, 2.05) is 42.5 Å². The highest BCUT2D eigenvalue weighted by atomic mass is 19.1. The van der Waals surface area contributed by atoms with Gasteiger partial charge in [0.05, 0.1) is 5.56 Å². The van der Waals surface area contributed by atoms with Gasteiger partial charge in [0.25, 0.3) is 5.91 Å². The number of rotatable bonds is 4. The first kappa shape index (κ1) is 14.8. The second-order valence-corrected chi connectivity index (χ2v) is 5.01. The van der Waals surface area contributed by atoms with Gasteiger partial charge in [-0.05, 0) is 42.5 Å². The highest BCUT2D eigenvalue weighted by Gasteiger charge is 2.11. The molecule has 0 saturated carbocycles. The summed E-state index contributed by atoms with van der Waals surface area (Å²) in [6.45, 7) is 0. The molecule has 2 N–H and O–H groups in total. The quantitative estimate of drug-likeness (QED) is 0.725. The van der Waals surface area contributed by atoms with Gasteiger partial charge in [-0.3, -0.25) is 4.79 Å². The van der Waals surface area contributed by atoms with E-state index in [1.165, 1.54) is 12.1 Å². The third-order valence-electron chi connectivity index (χ3n) is 3.30. The van der Waals surface area contributed by atoms with Crippen molar-refractivity contribution in [3.05, 3.63) is 90.2 Å². The van der Waals surface area contributed by atoms with Crippen molar-refractivity contribution in [1.82, 2.24) is 0 Å². The van der Waals surface area contributed by atoms with E-state index >= 15 is 0 Å². The molecule has 0 aliphatic carbocycles. The number of carbonyl (C=O) groups is 1. The minimum absolute atomic E-state index is 0.0221. The van der Waals surface area contributed by atoms with Gasteiger partial charge in [-0.1, -0.05) is 36.4 Å². The van der Waals surface area contributed by atoms with Crippen LogP contribution in [0.3, 0.4) is 0 Å². The number of para-hydroxylation sites is 1. The molecular formula is C19H15FN2O. The highest BCUT2D eigenvalue weighted by Crippen LogP contribution is 2.20. The van der Waals surface area contributed by atoms with Crippen LogP contribution >= 0.6 is 0 Å². The van der Waals surface area contributed by atoms with Crippen LogP contribution in [-0.2, 0) is 0 Å². The van der Waals surface area contributed by atoms with Crippen LogP contribution in [0.2, 0.25) is 0 Å². The molecule has 0 atom stereocenters. The Bertz CT molecular complexity index is 818. The summed E-state index contributed by atoms with van der Waals surface area (Å²) in [6, 6.07) is 22.9. The van der Waals surface area contributed by atoms with Crippen LogP contribution in [0.5, 0.6) is 0 Å². The fraction of sp³-hybridized carbons (Fsp3) is 0. The van der Waals surface area contributed by atoms with E-state index in [1.54, 1.807) is 24.3 Å². The van der Waals surface area contributed by atoms with E-state index in [0.717, 1.165) is 11.4 Å². The number of benzene rings is 3. The Kier molecular flexibility index (Phi) is 4.34. The minimum atomic E-state index is -0.538. The second kappa shape index (κ2) is 6.75. The minimum Gasteiger partial charge on any atom is -0.355 e. The van der Waals surface area contributed by atoms with Gasteiger partial charge in [0.1, 0.15) is 5.82 Å². The van der Waals surface area contributed by atoms with Gasteiger partial charge in [-0.15, -0.1) is 0 Å². The lowest BCUT2D eigenvalue weighted by Gasteiger charge is -2.10. The largest absolute Gasteiger partial charge is 0.355 e. The fourth-order valence-corrected chi connectivity index (χ4v) is 2.21. The third-order valence-corrected chi connectivity index (χ3v) is 3.30. The van der Waals surface area contributed by atoms with Crippen LogP contribution in [0.15, 0.2) is 78.9 Å². The molecule has 0 unspecified atom stereocenters. The van der Waals surface area contributed by atoms with E-state index in [0.29, 0.717) is 5.69 Å². The average Bonchev–Trinajstić information content (AvgIpc) is 2.56. The van der Waals surface area contributed by atoms with Crippen molar-refractivity contribution in [2.75, 3.05) is 10.6 Å². The maximum Gasteiger partial charge on any atom is 0.258 e. The first-order valence-electron chi connectivity index (χ1n) is 7.20. The average molecular weight is 306 g/mol. The molecule has 114 valence electrons. The topological polar surface area (TPSA) is 41.1 Å². The Balaban J connectivity index is 1.75. The molecule has 23 heavy (non-hydrogen) atoms. The van der Waals surface area contributed by atoms with Gasteiger partial charge in [0, 0.05) is 17.1 Å². The molecule has 0 bridgehead atoms. The van der Waals surface area contributed by atoms with Crippen molar-refractivity contribution < 1.29 is 9.18 Å². The van der Waals surface area contributed by atoms with Crippen molar-refractivity contribution in [1.29, 1.82) is 0 Å². The van der Waals surface area contributed by atoms with Crippen molar-refractivity contribution in [3.63, 3.8) is 0 Å². The summed E-state index contributed by atoms with van der Waals surface area (Å²) in [7, 11) is 0. The van der Waals surface area contributed by atoms with E-state index < -0.39 is 11.7 Å². The first-order chi connectivity index (χ1) is 11.2. The zero-order valence-corrected chi connectivity index (χ0v) is 12.3. The Morgan fingerprint density at radius 1 is 0.739 bits per heavy atom. The van der Waals surface area contributed by atoms with Gasteiger partial charge < -0.3 is 10.6 Å². The second-order valence-electron chi connectivity index (χ2n) is 5.01. The maximum absolute atomic E-state index is 13.6. The Morgan fingerprint density at radius 2 is 1.39 bits per heavy atom. The van der Waals surface area contributed by atoms with Gasteiger partial charge in [-0.2, -0.15) is 0 Å². The summed E-state index contributed by atoms with van der Waals surface area (Å²) >= 11 is 0. The number of hydrogen-bond acceptors (Lipinski definition) is 2. The van der Waals surface area contributed by atoms with Gasteiger partial charge in [0.2, 0.25) is 0 Å². The van der Waals surface area contributed by atoms with Gasteiger partial charge in [0.15, 0.2) is 0 Å². The Labute approximate surface area is 133 Å². The molecule has 0 aliphatic rings. The number of amides is 1. The molecule has 3 aromatic rings. The smallest absolute Gasteiger partial charge is 0.258 e. The van der Waals surface area contributed by atoms with Crippen molar-refractivity contribution in [3.8, 4) is 0 Å². The number of halogens is 1. The van der Waals surface area contributed by atoms with Crippen LogP contribution in [0, 0.1) is 5.82 Å². The van der Waals surface area contributed by atoms with E-state index in [9.17, 15) is 9.18 Å². The van der Waals surface area contributed by atoms with Crippen molar-refractivity contribution >= 4 is 23.0 Å². The molecule has 0 radical (unpaired) electrons. The number of nitrogens with one attached hydrogen (secondary N) is 2. The molecule has 4 heteroatoms. The molecule has 3 aromatic carbocycles. The molecule has 0 aliphatic heterocycles. The zero-order valence-electron chi connectivity index (χ0n) is 12.3. The zero-order chi connectivity index (χ0) is 16.1. The van der Waals surface area contributed by atoms with Crippen LogP contribution in [0.25, 0.3) is 0 Å². The number of hydrogen-bond donors (Lipinski definition) is 2. The summed E-state index contributed by atoms with van der Waals surface area (Å²) in [5.74, 6) is -1.01. The van der Waals surface area contributed by atoms with Crippen molar-refractivity contribution in [2.24, 2.45) is 0 Å². The Hall–Kier alpha value is -3.14.